The molecule has 1 aromatic carbocycles. The highest BCUT2D eigenvalue weighted by atomic mass is 28.4. The van der Waals surface area contributed by atoms with E-state index in [1.165, 1.54) is 10.8 Å². The molecule has 0 radical (unpaired) electrons. The molecule has 0 aliphatic heterocycles. The lowest BCUT2D eigenvalue weighted by Gasteiger charge is -2.38. The van der Waals surface area contributed by atoms with Crippen LogP contribution in [0.5, 0.6) is 5.75 Å². The van der Waals surface area contributed by atoms with Gasteiger partial charge < -0.3 is 4.43 Å². The molecule has 1 nitrogen and oxygen atoms in total. The minimum absolute atomic E-state index is 0.293. The number of benzene rings is 1. The first-order chi connectivity index (χ1) is 9.88. The van der Waals surface area contributed by atoms with Gasteiger partial charge in [0.2, 0.25) is 8.32 Å². The van der Waals surface area contributed by atoms with Crippen molar-refractivity contribution in [1.29, 1.82) is 0 Å². The van der Waals surface area contributed by atoms with Crippen molar-refractivity contribution >= 4 is 22.5 Å². The molecule has 0 unspecified atom stereocenters. The molecule has 0 N–H and O–H groups in total. The molecule has 0 atom stereocenters. The Balaban J connectivity index is 3.34. The van der Waals surface area contributed by atoms with Crippen molar-refractivity contribution in [2.45, 2.75) is 58.5 Å². The average molecular weight is 333 g/mol. The third kappa shape index (κ3) is 4.72. The monoisotopic (exact) mass is 332 g/mol. The summed E-state index contributed by atoms with van der Waals surface area (Å²) >= 11 is 0. The summed E-state index contributed by atoms with van der Waals surface area (Å²) in [5, 5.41) is 1.67. The van der Waals surface area contributed by atoms with Gasteiger partial charge in [-0.25, -0.2) is 0 Å². The van der Waals surface area contributed by atoms with Crippen LogP contribution in [0.25, 0.3) is 6.08 Å². The van der Waals surface area contributed by atoms with Gasteiger partial charge in [0.1, 0.15) is 5.75 Å². The van der Waals surface area contributed by atoms with Gasteiger partial charge in [-0.3, -0.25) is 0 Å². The van der Waals surface area contributed by atoms with Gasteiger partial charge in [0.15, 0.2) is 0 Å². The van der Waals surface area contributed by atoms with E-state index >= 15 is 0 Å². The zero-order valence-electron chi connectivity index (χ0n) is 15.6. The molecule has 3 heteroatoms. The van der Waals surface area contributed by atoms with Gasteiger partial charge in [0.05, 0.1) is 8.07 Å². The first-order valence-electron chi connectivity index (χ1n) is 8.01. The van der Waals surface area contributed by atoms with Gasteiger partial charge in [0.25, 0.3) is 0 Å². The highest BCUT2D eigenvalue weighted by Gasteiger charge is 2.37. The van der Waals surface area contributed by atoms with Crippen molar-refractivity contribution in [1.82, 2.24) is 0 Å². The Morgan fingerprint density at radius 3 is 2.05 bits per heavy atom. The molecule has 0 heterocycles. The maximum absolute atomic E-state index is 6.25. The van der Waals surface area contributed by atoms with E-state index in [4.69, 9.17) is 4.43 Å². The fourth-order valence-corrected chi connectivity index (χ4v) is 4.86. The van der Waals surface area contributed by atoms with Crippen molar-refractivity contribution in [3.05, 3.63) is 47.7 Å². The molecular formula is C19H32OSi2. The summed E-state index contributed by atoms with van der Waals surface area (Å²) in [5.41, 5.74) is 1.17. The average Bonchev–Trinajstić information content (AvgIpc) is 2.34. The molecular weight excluding hydrogens is 300 g/mol. The zero-order chi connectivity index (χ0) is 17.2. The molecule has 0 saturated heterocycles. The van der Waals surface area contributed by atoms with Crippen LogP contribution in [0.2, 0.25) is 37.8 Å². The van der Waals surface area contributed by atoms with Crippen molar-refractivity contribution in [3.8, 4) is 5.75 Å². The standard InChI is InChI=1S/C19H32OSi2/c1-10-17(22(8,9)19(2,3)4)15-16-13-11-12-14-18(16)20-21(5,6)7/h10-15H,1H2,2-9H3/b17-15-. The summed E-state index contributed by atoms with van der Waals surface area (Å²) < 4.78 is 6.25. The maximum atomic E-state index is 6.25. The lowest BCUT2D eigenvalue weighted by atomic mass is 10.2. The lowest BCUT2D eigenvalue weighted by molar-refractivity contribution is 0.556. The Hall–Kier alpha value is -1.07. The number of hydrogen-bond donors (Lipinski definition) is 0. The predicted octanol–water partition coefficient (Wildman–Crippen LogP) is 6.52. The summed E-state index contributed by atoms with van der Waals surface area (Å²) in [6.45, 7) is 22.6. The molecule has 0 fully saturated rings. The van der Waals surface area contributed by atoms with Crippen molar-refractivity contribution in [2.75, 3.05) is 0 Å². The molecule has 0 amide bonds. The first kappa shape index (κ1) is 19.0. The van der Waals surface area contributed by atoms with E-state index in [1.807, 2.05) is 12.1 Å². The zero-order valence-corrected chi connectivity index (χ0v) is 17.6. The summed E-state index contributed by atoms with van der Waals surface area (Å²) in [5.74, 6) is 1.000. The summed E-state index contributed by atoms with van der Waals surface area (Å²) in [4.78, 5) is 0. The second-order valence-electron chi connectivity index (χ2n) is 8.43. The summed E-state index contributed by atoms with van der Waals surface area (Å²) in [7, 11) is -3.22. The Bertz CT molecular complexity index is 558. The Labute approximate surface area is 139 Å². The second-order valence-corrected chi connectivity index (χ2v) is 18.2. The van der Waals surface area contributed by atoms with Crippen LogP contribution in [-0.4, -0.2) is 16.4 Å². The largest absolute Gasteiger partial charge is 0.544 e. The number of para-hydroxylation sites is 1. The SMILES string of the molecule is C=C/C(=C/c1ccccc1O[Si](C)(C)C)[Si](C)(C)C(C)(C)C. The van der Waals surface area contributed by atoms with Crippen LogP contribution < -0.4 is 4.43 Å². The van der Waals surface area contributed by atoms with E-state index in [2.05, 4.69) is 84.4 Å². The third-order valence-electron chi connectivity index (χ3n) is 4.46. The van der Waals surface area contributed by atoms with Crippen LogP contribution in [0.15, 0.2) is 42.1 Å². The minimum Gasteiger partial charge on any atom is -0.544 e. The first-order valence-corrected chi connectivity index (χ1v) is 14.4. The van der Waals surface area contributed by atoms with Gasteiger partial charge in [0, 0.05) is 5.56 Å². The highest BCUT2D eigenvalue weighted by molar-refractivity contribution is 6.88. The molecule has 0 spiro atoms. The molecule has 122 valence electrons. The smallest absolute Gasteiger partial charge is 0.242 e. The van der Waals surface area contributed by atoms with E-state index in [9.17, 15) is 0 Å². The molecule has 22 heavy (non-hydrogen) atoms. The van der Waals surface area contributed by atoms with Crippen LogP contribution in [-0.2, 0) is 0 Å². The van der Waals surface area contributed by atoms with E-state index < -0.39 is 16.4 Å². The fraction of sp³-hybridized carbons (Fsp3) is 0.474. The lowest BCUT2D eigenvalue weighted by Crippen LogP contribution is -2.39. The van der Waals surface area contributed by atoms with Crippen LogP contribution in [0, 0.1) is 0 Å². The molecule has 0 saturated carbocycles. The number of allylic oxidation sites excluding steroid dienone is 2. The Morgan fingerprint density at radius 1 is 1.05 bits per heavy atom. The molecule has 0 aromatic heterocycles. The minimum atomic E-state index is -1.62. The summed E-state index contributed by atoms with van der Waals surface area (Å²) in [6.07, 6.45) is 4.34. The van der Waals surface area contributed by atoms with E-state index in [1.54, 1.807) is 0 Å². The van der Waals surface area contributed by atoms with Crippen LogP contribution in [0.3, 0.4) is 0 Å². The van der Waals surface area contributed by atoms with Crippen LogP contribution in [0.4, 0.5) is 0 Å². The van der Waals surface area contributed by atoms with Gasteiger partial charge in [-0.2, -0.15) is 0 Å². The highest BCUT2D eigenvalue weighted by Crippen LogP contribution is 2.42. The summed E-state index contributed by atoms with van der Waals surface area (Å²) in [6, 6.07) is 8.35. The maximum Gasteiger partial charge on any atom is 0.242 e. The van der Waals surface area contributed by atoms with Gasteiger partial charge in [-0.05, 0) is 30.7 Å². The predicted molar refractivity (Wildman–Crippen MR) is 106 cm³/mol. The van der Waals surface area contributed by atoms with Crippen molar-refractivity contribution in [2.24, 2.45) is 0 Å². The van der Waals surface area contributed by atoms with Gasteiger partial charge in [-0.1, -0.05) is 76.0 Å². The second kappa shape index (κ2) is 6.59. The van der Waals surface area contributed by atoms with E-state index in [0.717, 1.165) is 5.75 Å². The Morgan fingerprint density at radius 2 is 1.59 bits per heavy atom. The quantitative estimate of drug-likeness (QED) is 0.440. The molecule has 0 aliphatic rings. The molecule has 1 aromatic rings. The van der Waals surface area contributed by atoms with E-state index in [0.29, 0.717) is 5.04 Å². The van der Waals surface area contributed by atoms with Crippen LogP contribution in [0.1, 0.15) is 26.3 Å². The topological polar surface area (TPSA) is 9.23 Å². The van der Waals surface area contributed by atoms with Crippen molar-refractivity contribution < 1.29 is 4.43 Å². The number of rotatable bonds is 5. The third-order valence-corrected chi connectivity index (χ3v) is 10.8. The molecule has 0 bridgehead atoms. The fourth-order valence-electron chi connectivity index (χ4n) is 2.12. The van der Waals surface area contributed by atoms with Gasteiger partial charge >= 0.3 is 0 Å². The van der Waals surface area contributed by atoms with Gasteiger partial charge in [-0.15, -0.1) is 0 Å². The number of hydrogen-bond acceptors (Lipinski definition) is 1. The molecule has 0 aliphatic carbocycles. The van der Waals surface area contributed by atoms with Crippen molar-refractivity contribution in [3.63, 3.8) is 0 Å². The van der Waals surface area contributed by atoms with Crippen LogP contribution >= 0.6 is 0 Å². The molecule has 1 rings (SSSR count). The van der Waals surface area contributed by atoms with E-state index in [-0.39, 0.29) is 0 Å². The Kier molecular flexibility index (Phi) is 5.68. The normalized spacial score (nSPS) is 13.9.